The first-order chi connectivity index (χ1) is 14.6. The lowest BCUT2D eigenvalue weighted by Crippen LogP contribution is -2.11. The van der Waals surface area contributed by atoms with Crippen LogP contribution < -0.4 is 10.6 Å². The number of carbonyl (C=O) groups excluding carboxylic acids is 1. The molecule has 0 radical (unpaired) electrons. The van der Waals surface area contributed by atoms with E-state index in [1.807, 2.05) is 78.2 Å². The van der Waals surface area contributed by atoms with E-state index in [1.165, 1.54) is 16.9 Å². The fraction of sp³-hybridized carbons (Fsp3) is 0.0833. The molecule has 0 fully saturated rings. The van der Waals surface area contributed by atoms with Crippen molar-refractivity contribution >= 4 is 45.4 Å². The summed E-state index contributed by atoms with van der Waals surface area (Å²) in [6, 6.07) is 22.9. The molecule has 0 spiro atoms. The van der Waals surface area contributed by atoms with Crippen molar-refractivity contribution in [3.8, 4) is 11.3 Å². The largest absolute Gasteiger partial charge is 0.331 e. The number of anilines is 3. The lowest BCUT2D eigenvalue weighted by atomic mass is 10.1. The van der Waals surface area contributed by atoms with E-state index < -0.39 is 0 Å². The molecule has 0 unspecified atom stereocenters. The Labute approximate surface area is 184 Å². The molecule has 0 saturated heterocycles. The van der Waals surface area contributed by atoms with Crippen LogP contribution in [-0.2, 0) is 6.42 Å². The van der Waals surface area contributed by atoms with Crippen molar-refractivity contribution in [1.29, 1.82) is 0 Å². The summed E-state index contributed by atoms with van der Waals surface area (Å²) in [7, 11) is 0. The predicted octanol–water partition coefficient (Wildman–Crippen LogP) is 7.02. The number of nitrogens with one attached hydrogen (secondary N) is 2. The highest BCUT2D eigenvalue weighted by molar-refractivity contribution is 7.14. The molecular weight excluding hydrogens is 414 g/mol. The fourth-order valence-electron chi connectivity index (χ4n) is 3.00. The lowest BCUT2D eigenvalue weighted by Gasteiger charge is -2.07. The van der Waals surface area contributed by atoms with Gasteiger partial charge in [0.15, 0.2) is 5.13 Å². The zero-order valence-electron chi connectivity index (χ0n) is 16.4. The summed E-state index contributed by atoms with van der Waals surface area (Å²) in [6.07, 6.45) is 0.950. The molecule has 4 nitrogen and oxygen atoms in total. The van der Waals surface area contributed by atoms with Crippen LogP contribution in [0, 0.1) is 0 Å². The fourth-order valence-corrected chi connectivity index (χ4v) is 3.93. The number of carbonyl (C=O) groups is 1. The highest BCUT2D eigenvalue weighted by Gasteiger charge is 2.09. The molecule has 4 rings (SSSR count). The zero-order valence-corrected chi connectivity index (χ0v) is 17.9. The molecule has 0 aliphatic carbocycles. The van der Waals surface area contributed by atoms with Gasteiger partial charge < -0.3 is 10.6 Å². The Morgan fingerprint density at radius 3 is 2.53 bits per heavy atom. The molecule has 2 N–H and O–H groups in total. The summed E-state index contributed by atoms with van der Waals surface area (Å²) < 4.78 is 0. The Kier molecular flexibility index (Phi) is 6.12. The summed E-state index contributed by atoms with van der Waals surface area (Å²) in [5.41, 5.74) is 5.24. The maximum absolute atomic E-state index is 12.6. The van der Waals surface area contributed by atoms with Gasteiger partial charge in [-0.3, -0.25) is 4.79 Å². The Balaban J connectivity index is 1.48. The van der Waals surface area contributed by atoms with Crippen LogP contribution in [0.5, 0.6) is 0 Å². The van der Waals surface area contributed by atoms with E-state index in [-0.39, 0.29) is 5.91 Å². The second-order valence-electron chi connectivity index (χ2n) is 6.76. The number of halogens is 1. The first-order valence-electron chi connectivity index (χ1n) is 9.59. The van der Waals surface area contributed by atoms with Gasteiger partial charge in [0.25, 0.3) is 5.91 Å². The van der Waals surface area contributed by atoms with Gasteiger partial charge in [-0.2, -0.15) is 0 Å². The minimum absolute atomic E-state index is 0.128. The van der Waals surface area contributed by atoms with Gasteiger partial charge in [-0.05, 0) is 54.4 Å². The number of benzene rings is 3. The van der Waals surface area contributed by atoms with Crippen molar-refractivity contribution in [2.75, 3.05) is 10.6 Å². The molecule has 0 saturated carbocycles. The van der Waals surface area contributed by atoms with Crippen molar-refractivity contribution in [3.05, 3.63) is 94.3 Å². The van der Waals surface area contributed by atoms with Gasteiger partial charge in [0, 0.05) is 32.9 Å². The molecule has 0 bridgehead atoms. The number of thiazole rings is 1. The Bertz CT molecular complexity index is 1170. The molecule has 6 heteroatoms. The minimum atomic E-state index is -0.128. The molecule has 30 heavy (non-hydrogen) atoms. The third-order valence-corrected chi connectivity index (χ3v) is 5.61. The quantitative estimate of drug-likeness (QED) is 0.343. The molecule has 1 heterocycles. The lowest BCUT2D eigenvalue weighted by molar-refractivity contribution is 0.102. The second-order valence-corrected chi connectivity index (χ2v) is 8.05. The van der Waals surface area contributed by atoms with Crippen molar-refractivity contribution in [2.24, 2.45) is 0 Å². The third kappa shape index (κ3) is 4.87. The molecule has 1 amide bonds. The van der Waals surface area contributed by atoms with Crippen molar-refractivity contribution in [2.45, 2.75) is 13.3 Å². The first-order valence-corrected chi connectivity index (χ1v) is 10.9. The minimum Gasteiger partial charge on any atom is -0.331 e. The normalized spacial score (nSPS) is 10.6. The second kappa shape index (κ2) is 9.11. The van der Waals surface area contributed by atoms with Gasteiger partial charge in [-0.1, -0.05) is 48.9 Å². The zero-order chi connectivity index (χ0) is 20.9. The number of aromatic nitrogens is 1. The van der Waals surface area contributed by atoms with Gasteiger partial charge in [0.2, 0.25) is 0 Å². The third-order valence-electron chi connectivity index (χ3n) is 4.62. The molecule has 3 aromatic carbocycles. The van der Waals surface area contributed by atoms with E-state index in [2.05, 4.69) is 22.5 Å². The number of amides is 1. The van der Waals surface area contributed by atoms with E-state index in [0.717, 1.165) is 34.2 Å². The highest BCUT2D eigenvalue weighted by atomic mass is 35.5. The van der Waals surface area contributed by atoms with Gasteiger partial charge in [0.05, 0.1) is 5.69 Å². The van der Waals surface area contributed by atoms with Crippen LogP contribution in [0.4, 0.5) is 16.5 Å². The molecule has 1 aromatic heterocycles. The molecule has 0 aliphatic heterocycles. The Hall–Kier alpha value is -3.15. The van der Waals surface area contributed by atoms with Crippen LogP contribution in [0.1, 0.15) is 22.8 Å². The van der Waals surface area contributed by atoms with Crippen molar-refractivity contribution in [3.63, 3.8) is 0 Å². The van der Waals surface area contributed by atoms with Crippen molar-refractivity contribution in [1.82, 2.24) is 4.98 Å². The molecule has 0 atom stereocenters. The van der Waals surface area contributed by atoms with Gasteiger partial charge in [-0.25, -0.2) is 4.98 Å². The predicted molar refractivity (Wildman–Crippen MR) is 126 cm³/mol. The van der Waals surface area contributed by atoms with Gasteiger partial charge in [-0.15, -0.1) is 11.3 Å². The van der Waals surface area contributed by atoms with Crippen LogP contribution >= 0.6 is 22.9 Å². The van der Waals surface area contributed by atoms with Crippen molar-refractivity contribution < 1.29 is 4.79 Å². The average Bonchev–Trinajstić information content (AvgIpc) is 3.22. The maximum Gasteiger partial charge on any atom is 0.255 e. The highest BCUT2D eigenvalue weighted by Crippen LogP contribution is 2.29. The average molecular weight is 434 g/mol. The standard InChI is InChI=1S/C24H20ClN3OS/c1-2-16-9-11-17(12-10-16)23(29)26-20-7-3-5-18(13-20)22-15-30-24(28-22)27-21-8-4-6-19(25)14-21/h3-15H,2H2,1H3,(H,26,29)(H,27,28). The summed E-state index contributed by atoms with van der Waals surface area (Å²) >= 11 is 7.55. The van der Waals surface area contributed by atoms with Gasteiger partial charge >= 0.3 is 0 Å². The summed E-state index contributed by atoms with van der Waals surface area (Å²) in [4.78, 5) is 17.2. The summed E-state index contributed by atoms with van der Waals surface area (Å²) in [5, 5.41) is 9.66. The summed E-state index contributed by atoms with van der Waals surface area (Å²) in [5.74, 6) is -0.128. The number of hydrogen-bond acceptors (Lipinski definition) is 4. The maximum atomic E-state index is 12.6. The topological polar surface area (TPSA) is 54.0 Å². The van der Waals surface area contributed by atoms with Gasteiger partial charge in [0.1, 0.15) is 0 Å². The van der Waals surface area contributed by atoms with Crippen LogP contribution in [0.15, 0.2) is 78.2 Å². The molecular formula is C24H20ClN3OS. The van der Waals surface area contributed by atoms with Crippen LogP contribution in [0.2, 0.25) is 5.02 Å². The smallest absolute Gasteiger partial charge is 0.255 e. The van der Waals surface area contributed by atoms with E-state index in [9.17, 15) is 4.79 Å². The monoisotopic (exact) mass is 433 g/mol. The SMILES string of the molecule is CCc1ccc(C(=O)Nc2cccc(-c3csc(Nc4cccc(Cl)c4)n3)c2)cc1. The molecule has 4 aromatic rings. The number of rotatable bonds is 6. The summed E-state index contributed by atoms with van der Waals surface area (Å²) in [6.45, 7) is 2.09. The van der Waals surface area contributed by atoms with E-state index in [4.69, 9.17) is 11.6 Å². The number of nitrogens with zero attached hydrogens (tertiary/aromatic N) is 1. The Morgan fingerprint density at radius 1 is 1.00 bits per heavy atom. The van der Waals surface area contributed by atoms with E-state index in [1.54, 1.807) is 0 Å². The Morgan fingerprint density at radius 2 is 1.77 bits per heavy atom. The van der Waals surface area contributed by atoms with Crippen LogP contribution in [0.3, 0.4) is 0 Å². The van der Waals surface area contributed by atoms with E-state index in [0.29, 0.717) is 10.6 Å². The van der Waals surface area contributed by atoms with Crippen LogP contribution in [0.25, 0.3) is 11.3 Å². The number of aryl methyl sites for hydroxylation is 1. The van der Waals surface area contributed by atoms with E-state index >= 15 is 0 Å². The number of hydrogen-bond donors (Lipinski definition) is 2. The first kappa shape index (κ1) is 20.1. The van der Waals surface area contributed by atoms with Crippen LogP contribution in [-0.4, -0.2) is 10.9 Å². The molecule has 150 valence electrons. The molecule has 0 aliphatic rings.